The Morgan fingerprint density at radius 3 is 2.42 bits per heavy atom. The second-order valence-electron chi connectivity index (χ2n) is 6.21. The maximum Gasteiger partial charge on any atom is 0.187 e. The fraction of sp³-hybridized carbons (Fsp3) is 0.0952. The molecule has 4 nitrogen and oxygen atoms in total. The fourth-order valence-electron chi connectivity index (χ4n) is 2.81. The number of hydrogen-bond donors (Lipinski definition) is 0. The van der Waals surface area contributed by atoms with E-state index in [-0.39, 0.29) is 5.82 Å². The van der Waals surface area contributed by atoms with Gasteiger partial charge in [-0.25, -0.2) is 9.37 Å². The molecular formula is C21H17FN4. The van der Waals surface area contributed by atoms with Crippen molar-refractivity contribution in [2.45, 2.75) is 13.8 Å². The number of azo groups is 1. The predicted molar refractivity (Wildman–Crippen MR) is 101 cm³/mol. The summed E-state index contributed by atoms with van der Waals surface area (Å²) in [5, 5.41) is 8.92. The van der Waals surface area contributed by atoms with Crippen LogP contribution in [0.2, 0.25) is 0 Å². The minimum absolute atomic E-state index is 0.281. The van der Waals surface area contributed by atoms with Crippen LogP contribution in [0.1, 0.15) is 11.1 Å². The first kappa shape index (κ1) is 16.1. The maximum atomic E-state index is 13.3. The molecule has 0 saturated heterocycles. The van der Waals surface area contributed by atoms with Gasteiger partial charge in [0.25, 0.3) is 0 Å². The van der Waals surface area contributed by atoms with Crippen molar-refractivity contribution < 1.29 is 4.39 Å². The zero-order valence-corrected chi connectivity index (χ0v) is 14.5. The molecule has 0 bridgehead atoms. The molecule has 128 valence electrons. The Labute approximate surface area is 150 Å². The van der Waals surface area contributed by atoms with Crippen LogP contribution in [-0.4, -0.2) is 9.38 Å². The van der Waals surface area contributed by atoms with E-state index in [1.165, 1.54) is 12.1 Å². The number of nitrogens with zero attached hydrogens (tertiary/aromatic N) is 4. The van der Waals surface area contributed by atoms with Crippen LogP contribution in [0.5, 0.6) is 0 Å². The van der Waals surface area contributed by atoms with Crippen molar-refractivity contribution in [2.75, 3.05) is 0 Å². The second-order valence-corrected chi connectivity index (χ2v) is 6.21. The minimum atomic E-state index is -0.281. The lowest BCUT2D eigenvalue weighted by atomic mass is 10.1. The lowest BCUT2D eigenvalue weighted by Gasteiger charge is -2.01. The highest BCUT2D eigenvalue weighted by molar-refractivity contribution is 5.74. The van der Waals surface area contributed by atoms with Crippen LogP contribution in [0.3, 0.4) is 0 Å². The summed E-state index contributed by atoms with van der Waals surface area (Å²) < 4.78 is 15.2. The summed E-state index contributed by atoms with van der Waals surface area (Å²) in [6, 6.07) is 18.0. The van der Waals surface area contributed by atoms with Crippen molar-refractivity contribution in [3.8, 4) is 11.3 Å². The van der Waals surface area contributed by atoms with Gasteiger partial charge in [0.05, 0.1) is 5.69 Å². The van der Waals surface area contributed by atoms with Gasteiger partial charge in [-0.2, -0.15) is 0 Å². The van der Waals surface area contributed by atoms with Crippen LogP contribution in [0.25, 0.3) is 16.9 Å². The van der Waals surface area contributed by atoms with Gasteiger partial charge in [0.15, 0.2) is 5.82 Å². The monoisotopic (exact) mass is 344 g/mol. The first-order valence-corrected chi connectivity index (χ1v) is 8.34. The van der Waals surface area contributed by atoms with Crippen LogP contribution >= 0.6 is 0 Å². The maximum absolute atomic E-state index is 13.3. The highest BCUT2D eigenvalue weighted by Gasteiger charge is 2.14. The summed E-state index contributed by atoms with van der Waals surface area (Å²) in [6.45, 7) is 4.01. The summed E-state index contributed by atoms with van der Waals surface area (Å²) >= 11 is 0. The van der Waals surface area contributed by atoms with Crippen LogP contribution in [-0.2, 0) is 0 Å². The van der Waals surface area contributed by atoms with Crippen molar-refractivity contribution in [2.24, 2.45) is 10.2 Å². The smallest absolute Gasteiger partial charge is 0.187 e. The number of imidazole rings is 1. The average molecular weight is 344 g/mol. The van der Waals surface area contributed by atoms with Gasteiger partial charge in [-0.3, -0.25) is 4.40 Å². The molecule has 0 N–H and O–H groups in total. The Hall–Kier alpha value is -3.34. The van der Waals surface area contributed by atoms with Crippen LogP contribution < -0.4 is 0 Å². The molecule has 0 aliphatic heterocycles. The van der Waals surface area contributed by atoms with Gasteiger partial charge < -0.3 is 0 Å². The predicted octanol–water partition coefficient (Wildman–Crippen LogP) is 6.17. The number of rotatable bonds is 3. The van der Waals surface area contributed by atoms with E-state index in [2.05, 4.69) is 15.2 Å². The molecule has 0 amide bonds. The molecule has 0 unspecified atom stereocenters. The molecule has 2 heterocycles. The summed E-state index contributed by atoms with van der Waals surface area (Å²) in [6.07, 6.45) is 1.97. The molecule has 4 rings (SSSR count). The number of halogens is 1. The Morgan fingerprint density at radius 2 is 1.65 bits per heavy atom. The Morgan fingerprint density at radius 1 is 0.885 bits per heavy atom. The van der Waals surface area contributed by atoms with Gasteiger partial charge in [-0.05, 0) is 61.4 Å². The number of pyridine rings is 1. The van der Waals surface area contributed by atoms with Crippen LogP contribution in [0, 0.1) is 19.7 Å². The third kappa shape index (κ3) is 2.99. The summed E-state index contributed by atoms with van der Waals surface area (Å²) in [7, 11) is 0. The van der Waals surface area contributed by atoms with E-state index < -0.39 is 0 Å². The van der Waals surface area contributed by atoms with Crippen molar-refractivity contribution >= 4 is 17.2 Å². The molecule has 2 aromatic carbocycles. The third-order valence-corrected chi connectivity index (χ3v) is 4.23. The quantitative estimate of drug-likeness (QED) is 0.410. The molecule has 0 aliphatic rings. The zero-order valence-electron chi connectivity index (χ0n) is 14.5. The van der Waals surface area contributed by atoms with Crippen LogP contribution in [0.4, 0.5) is 15.9 Å². The molecule has 0 atom stereocenters. The number of benzene rings is 2. The van der Waals surface area contributed by atoms with E-state index in [1.54, 1.807) is 12.1 Å². The first-order chi connectivity index (χ1) is 12.6. The van der Waals surface area contributed by atoms with Gasteiger partial charge in [-0.15, -0.1) is 10.2 Å². The Balaban J connectivity index is 1.90. The minimum Gasteiger partial charge on any atom is -0.282 e. The number of aromatic nitrogens is 2. The molecule has 5 heteroatoms. The van der Waals surface area contributed by atoms with Gasteiger partial charge in [0.2, 0.25) is 0 Å². The molecule has 0 saturated carbocycles. The molecule has 4 aromatic rings. The van der Waals surface area contributed by atoms with E-state index in [4.69, 9.17) is 0 Å². The number of aryl methyl sites for hydroxylation is 2. The standard InChI is InChI=1S/C21H17FN4/c1-14-7-12-19-23-20(16-8-10-17(22)11-9-16)21(26(19)13-14)25-24-18-6-4-3-5-15(18)2/h3-13H,1-2H3. The normalized spacial score (nSPS) is 11.5. The number of fused-ring (bicyclic) bond motifs is 1. The molecule has 0 spiro atoms. The molecular weight excluding hydrogens is 327 g/mol. The molecule has 0 radical (unpaired) electrons. The number of hydrogen-bond acceptors (Lipinski definition) is 3. The fourth-order valence-corrected chi connectivity index (χ4v) is 2.81. The van der Waals surface area contributed by atoms with Crippen molar-refractivity contribution in [3.63, 3.8) is 0 Å². The van der Waals surface area contributed by atoms with Gasteiger partial charge in [-0.1, -0.05) is 24.3 Å². The SMILES string of the molecule is Cc1ccc2nc(-c3ccc(F)cc3)c(N=Nc3ccccc3C)n2c1. The largest absolute Gasteiger partial charge is 0.282 e. The molecule has 2 aromatic heterocycles. The van der Waals surface area contributed by atoms with Gasteiger partial charge in [0, 0.05) is 11.8 Å². The lowest BCUT2D eigenvalue weighted by Crippen LogP contribution is -1.85. The highest BCUT2D eigenvalue weighted by Crippen LogP contribution is 2.33. The van der Waals surface area contributed by atoms with E-state index in [9.17, 15) is 4.39 Å². The van der Waals surface area contributed by atoms with Crippen molar-refractivity contribution in [1.29, 1.82) is 0 Å². The summed E-state index contributed by atoms with van der Waals surface area (Å²) in [4.78, 5) is 4.68. The molecule has 0 fully saturated rings. The lowest BCUT2D eigenvalue weighted by molar-refractivity contribution is 0.628. The molecule has 26 heavy (non-hydrogen) atoms. The van der Waals surface area contributed by atoms with E-state index in [0.717, 1.165) is 28.0 Å². The molecule has 0 aliphatic carbocycles. The highest BCUT2D eigenvalue weighted by atomic mass is 19.1. The van der Waals surface area contributed by atoms with Crippen LogP contribution in [0.15, 0.2) is 77.1 Å². The van der Waals surface area contributed by atoms with E-state index in [1.807, 2.05) is 60.8 Å². The summed E-state index contributed by atoms with van der Waals surface area (Å²) in [5.74, 6) is 0.343. The Kier molecular flexibility index (Phi) is 4.05. The zero-order chi connectivity index (χ0) is 18.1. The van der Waals surface area contributed by atoms with Gasteiger partial charge >= 0.3 is 0 Å². The van der Waals surface area contributed by atoms with Crippen molar-refractivity contribution in [1.82, 2.24) is 9.38 Å². The van der Waals surface area contributed by atoms with Crippen molar-refractivity contribution in [3.05, 3.63) is 83.8 Å². The second kappa shape index (κ2) is 6.52. The van der Waals surface area contributed by atoms with Gasteiger partial charge in [0.1, 0.15) is 17.2 Å². The third-order valence-electron chi connectivity index (χ3n) is 4.23. The average Bonchev–Trinajstić information content (AvgIpc) is 2.99. The topological polar surface area (TPSA) is 42.0 Å². The van der Waals surface area contributed by atoms with E-state index >= 15 is 0 Å². The van der Waals surface area contributed by atoms with E-state index in [0.29, 0.717) is 11.5 Å². The Bertz CT molecular complexity index is 1110. The first-order valence-electron chi connectivity index (χ1n) is 8.34. The summed E-state index contributed by atoms with van der Waals surface area (Å²) in [5.41, 5.74) is 5.19.